The lowest BCUT2D eigenvalue weighted by Gasteiger charge is -2.04. The highest BCUT2D eigenvalue weighted by Gasteiger charge is 2.01. The Labute approximate surface area is 93.8 Å². The summed E-state index contributed by atoms with van der Waals surface area (Å²) in [5.74, 6) is 0.123. The molecule has 0 aliphatic carbocycles. The molecule has 3 N–H and O–H groups in total. The number of nitrogens with zero attached hydrogens (tertiary/aromatic N) is 1. The van der Waals surface area contributed by atoms with E-state index < -0.39 is 0 Å². The van der Waals surface area contributed by atoms with E-state index in [1.807, 2.05) is 54.6 Å². The highest BCUT2D eigenvalue weighted by atomic mass is 16.4. The van der Waals surface area contributed by atoms with E-state index in [-0.39, 0.29) is 5.84 Å². The number of rotatable bonds is 2. The fourth-order valence-corrected chi connectivity index (χ4v) is 1.55. The van der Waals surface area contributed by atoms with Crippen molar-refractivity contribution in [2.24, 2.45) is 10.9 Å². The summed E-state index contributed by atoms with van der Waals surface area (Å²) < 4.78 is 0. The van der Waals surface area contributed by atoms with Crippen LogP contribution in [0.15, 0.2) is 59.8 Å². The number of amidine groups is 1. The summed E-state index contributed by atoms with van der Waals surface area (Å²) >= 11 is 0. The van der Waals surface area contributed by atoms with Crippen LogP contribution in [0.25, 0.3) is 11.1 Å². The van der Waals surface area contributed by atoms with Gasteiger partial charge in [-0.3, -0.25) is 0 Å². The van der Waals surface area contributed by atoms with Crippen LogP contribution in [0, 0.1) is 0 Å². The maximum Gasteiger partial charge on any atom is 0.170 e. The minimum Gasteiger partial charge on any atom is -0.409 e. The third-order valence-electron chi connectivity index (χ3n) is 2.37. The van der Waals surface area contributed by atoms with Crippen LogP contribution in [0.5, 0.6) is 0 Å². The Bertz CT molecular complexity index is 506. The van der Waals surface area contributed by atoms with Gasteiger partial charge in [0.15, 0.2) is 5.84 Å². The van der Waals surface area contributed by atoms with Crippen LogP contribution in [0.1, 0.15) is 5.56 Å². The second-order valence-electron chi connectivity index (χ2n) is 3.43. The van der Waals surface area contributed by atoms with Gasteiger partial charge < -0.3 is 10.9 Å². The van der Waals surface area contributed by atoms with Crippen LogP contribution in [0.2, 0.25) is 0 Å². The third kappa shape index (κ3) is 2.03. The highest BCUT2D eigenvalue weighted by Crippen LogP contribution is 2.19. The minimum atomic E-state index is 0.123. The maximum absolute atomic E-state index is 8.61. The molecule has 0 aliphatic rings. The van der Waals surface area contributed by atoms with E-state index >= 15 is 0 Å². The van der Waals surface area contributed by atoms with Gasteiger partial charge in [-0.25, -0.2) is 0 Å². The summed E-state index contributed by atoms with van der Waals surface area (Å²) in [6.45, 7) is 0. The molecule has 2 aromatic rings. The number of hydrogen-bond acceptors (Lipinski definition) is 2. The first-order chi connectivity index (χ1) is 7.81. The lowest BCUT2D eigenvalue weighted by molar-refractivity contribution is 0.318. The first kappa shape index (κ1) is 10.2. The summed E-state index contributed by atoms with van der Waals surface area (Å²) in [7, 11) is 0. The van der Waals surface area contributed by atoms with E-state index in [0.717, 1.165) is 11.1 Å². The van der Waals surface area contributed by atoms with E-state index in [1.54, 1.807) is 0 Å². The second-order valence-corrected chi connectivity index (χ2v) is 3.43. The van der Waals surface area contributed by atoms with Gasteiger partial charge >= 0.3 is 0 Å². The summed E-state index contributed by atoms with van der Waals surface area (Å²) in [6.07, 6.45) is 0. The van der Waals surface area contributed by atoms with E-state index in [9.17, 15) is 0 Å². The molecule has 0 amide bonds. The van der Waals surface area contributed by atoms with E-state index in [2.05, 4.69) is 5.16 Å². The molecule has 0 saturated heterocycles. The van der Waals surface area contributed by atoms with Crippen LogP contribution in [0.4, 0.5) is 0 Å². The zero-order valence-electron chi connectivity index (χ0n) is 8.67. The van der Waals surface area contributed by atoms with Gasteiger partial charge in [0.25, 0.3) is 0 Å². The van der Waals surface area contributed by atoms with E-state index in [1.165, 1.54) is 0 Å². The van der Waals surface area contributed by atoms with Crippen molar-refractivity contribution in [3.05, 3.63) is 60.2 Å². The van der Waals surface area contributed by atoms with Crippen molar-refractivity contribution < 1.29 is 5.21 Å². The van der Waals surface area contributed by atoms with Crippen molar-refractivity contribution in [1.29, 1.82) is 0 Å². The molecule has 0 saturated carbocycles. The maximum atomic E-state index is 8.61. The first-order valence-corrected chi connectivity index (χ1v) is 4.94. The molecule has 0 radical (unpaired) electrons. The number of hydrogen-bond donors (Lipinski definition) is 2. The predicted octanol–water partition coefficient (Wildman–Crippen LogP) is 2.45. The van der Waals surface area contributed by atoms with Crippen molar-refractivity contribution in [3.8, 4) is 11.1 Å². The van der Waals surface area contributed by atoms with Crippen molar-refractivity contribution >= 4 is 5.84 Å². The average Bonchev–Trinajstić information content (AvgIpc) is 2.39. The predicted molar refractivity (Wildman–Crippen MR) is 64.4 cm³/mol. The van der Waals surface area contributed by atoms with Gasteiger partial charge in [-0.2, -0.15) is 0 Å². The van der Waals surface area contributed by atoms with Crippen LogP contribution < -0.4 is 5.73 Å². The van der Waals surface area contributed by atoms with Crippen LogP contribution in [-0.2, 0) is 0 Å². The molecule has 0 heterocycles. The minimum absolute atomic E-state index is 0.123. The quantitative estimate of drug-likeness (QED) is 0.347. The molecule has 3 heteroatoms. The average molecular weight is 212 g/mol. The molecule has 0 unspecified atom stereocenters. The molecule has 16 heavy (non-hydrogen) atoms. The smallest absolute Gasteiger partial charge is 0.170 e. The van der Waals surface area contributed by atoms with Gasteiger partial charge in [0.05, 0.1) is 0 Å². The topological polar surface area (TPSA) is 58.6 Å². The largest absolute Gasteiger partial charge is 0.409 e. The fourth-order valence-electron chi connectivity index (χ4n) is 1.55. The van der Waals surface area contributed by atoms with Crippen molar-refractivity contribution in [3.63, 3.8) is 0 Å². The number of benzene rings is 2. The zero-order valence-corrected chi connectivity index (χ0v) is 8.67. The van der Waals surface area contributed by atoms with Crippen molar-refractivity contribution in [2.75, 3.05) is 0 Å². The molecule has 0 spiro atoms. The summed E-state index contributed by atoms with van der Waals surface area (Å²) in [5, 5.41) is 11.6. The number of nitrogens with two attached hydrogens (primary N) is 1. The Morgan fingerprint density at radius 2 is 1.62 bits per heavy atom. The van der Waals surface area contributed by atoms with Crippen molar-refractivity contribution in [1.82, 2.24) is 0 Å². The normalized spacial score (nSPS) is 11.4. The first-order valence-electron chi connectivity index (χ1n) is 4.94. The van der Waals surface area contributed by atoms with E-state index in [0.29, 0.717) is 5.56 Å². The standard InChI is InChI=1S/C13H12N2O/c14-13(15-16)12-8-4-7-11(9-12)10-5-2-1-3-6-10/h1-9,16H,(H2,14,15). The Balaban J connectivity index is 2.44. The van der Waals surface area contributed by atoms with Crippen LogP contribution in [-0.4, -0.2) is 11.0 Å². The monoisotopic (exact) mass is 212 g/mol. The molecule has 0 fully saturated rings. The molecular weight excluding hydrogens is 200 g/mol. The Hall–Kier alpha value is -2.29. The van der Waals surface area contributed by atoms with Gasteiger partial charge in [0.1, 0.15) is 0 Å². The molecule has 0 aliphatic heterocycles. The zero-order chi connectivity index (χ0) is 11.4. The molecular formula is C13H12N2O. The molecule has 3 nitrogen and oxygen atoms in total. The Morgan fingerprint density at radius 1 is 0.938 bits per heavy atom. The van der Waals surface area contributed by atoms with Gasteiger partial charge in [0.2, 0.25) is 0 Å². The Kier molecular flexibility index (Phi) is 2.87. The van der Waals surface area contributed by atoms with Gasteiger partial charge in [-0.05, 0) is 17.2 Å². The van der Waals surface area contributed by atoms with Gasteiger partial charge in [-0.1, -0.05) is 53.7 Å². The lowest BCUT2D eigenvalue weighted by atomic mass is 10.0. The summed E-state index contributed by atoms with van der Waals surface area (Å²) in [4.78, 5) is 0. The summed E-state index contributed by atoms with van der Waals surface area (Å²) in [5.41, 5.74) is 8.41. The molecule has 0 bridgehead atoms. The third-order valence-corrected chi connectivity index (χ3v) is 2.37. The highest BCUT2D eigenvalue weighted by molar-refractivity contribution is 5.98. The second kappa shape index (κ2) is 4.49. The number of oxime groups is 1. The Morgan fingerprint density at radius 3 is 2.31 bits per heavy atom. The van der Waals surface area contributed by atoms with Crippen LogP contribution >= 0.6 is 0 Å². The molecule has 0 atom stereocenters. The van der Waals surface area contributed by atoms with Gasteiger partial charge in [0, 0.05) is 5.56 Å². The summed E-state index contributed by atoms with van der Waals surface area (Å²) in [6, 6.07) is 17.5. The van der Waals surface area contributed by atoms with Crippen molar-refractivity contribution in [2.45, 2.75) is 0 Å². The molecule has 0 aromatic heterocycles. The fraction of sp³-hybridized carbons (Fsp3) is 0. The lowest BCUT2D eigenvalue weighted by Crippen LogP contribution is -2.12. The van der Waals surface area contributed by atoms with E-state index in [4.69, 9.17) is 10.9 Å². The SMILES string of the molecule is N/C(=N/O)c1cccc(-c2ccccc2)c1. The molecule has 2 rings (SSSR count). The molecule has 80 valence electrons. The van der Waals surface area contributed by atoms with Crippen LogP contribution in [0.3, 0.4) is 0 Å². The van der Waals surface area contributed by atoms with Gasteiger partial charge in [-0.15, -0.1) is 0 Å². The molecule has 2 aromatic carbocycles.